The predicted molar refractivity (Wildman–Crippen MR) is 119 cm³/mol. The van der Waals surface area contributed by atoms with Crippen molar-refractivity contribution in [3.05, 3.63) is 40.4 Å². The Balaban J connectivity index is 1.88. The number of carbonyl (C=O) groups is 2. The Bertz CT molecular complexity index is 1220. The fraction of sp³-hybridized carbons (Fsp3) is 0.333. The van der Waals surface area contributed by atoms with Crippen LogP contribution < -0.4 is 26.1 Å². The van der Waals surface area contributed by atoms with Crippen LogP contribution >= 0.6 is 0 Å². The van der Waals surface area contributed by atoms with Gasteiger partial charge in [0.1, 0.15) is 5.52 Å². The average molecular weight is 456 g/mol. The first-order valence-corrected chi connectivity index (χ1v) is 10.1. The van der Waals surface area contributed by atoms with Crippen LogP contribution in [0.2, 0.25) is 0 Å². The van der Waals surface area contributed by atoms with E-state index in [1.807, 2.05) is 0 Å². The molecule has 0 bridgehead atoms. The summed E-state index contributed by atoms with van der Waals surface area (Å²) in [5.41, 5.74) is 5.41. The summed E-state index contributed by atoms with van der Waals surface area (Å²) in [4.78, 5) is 48.9. The van der Waals surface area contributed by atoms with Gasteiger partial charge in [0.05, 0.1) is 31.3 Å². The maximum Gasteiger partial charge on any atom is 0.305 e. The first kappa shape index (κ1) is 23.4. The molecule has 0 saturated carbocycles. The molecule has 0 saturated heterocycles. The maximum atomic E-state index is 12.9. The lowest BCUT2D eigenvalue weighted by Crippen LogP contribution is -2.25. The van der Waals surface area contributed by atoms with Gasteiger partial charge in [-0.2, -0.15) is 0 Å². The highest BCUT2D eigenvalue weighted by Crippen LogP contribution is 2.34. The number of nitrogens with one attached hydrogen (secondary N) is 1. The molecule has 174 valence electrons. The Morgan fingerprint density at radius 2 is 1.94 bits per heavy atom. The van der Waals surface area contributed by atoms with E-state index in [0.29, 0.717) is 18.8 Å². The van der Waals surface area contributed by atoms with Gasteiger partial charge < -0.3 is 19.9 Å². The summed E-state index contributed by atoms with van der Waals surface area (Å²) in [6.45, 7) is 2.29. The number of ether oxygens (including phenoxy) is 3. The SMILES string of the molecule is CCOC(=O)CCCOc1ccc2c(=O)n(C)c(NC(=O)c3cnc(N)nc3)nc2c1OC. The van der Waals surface area contributed by atoms with Crippen molar-refractivity contribution in [1.82, 2.24) is 19.5 Å². The van der Waals surface area contributed by atoms with Gasteiger partial charge in [-0.15, -0.1) is 0 Å². The quantitative estimate of drug-likeness (QED) is 0.354. The molecule has 0 aliphatic rings. The third kappa shape index (κ3) is 5.34. The molecule has 12 nitrogen and oxygen atoms in total. The molecule has 3 aromatic rings. The minimum absolute atomic E-state index is 0.00733. The minimum Gasteiger partial charge on any atom is -0.491 e. The van der Waals surface area contributed by atoms with E-state index in [1.54, 1.807) is 19.1 Å². The standard InChI is InChI=1S/C21H24N6O6/c1-4-32-15(28)6-5-9-33-14-8-7-13-16(17(14)31-3)25-21(27(2)19(13)30)26-18(29)12-10-23-20(22)24-11-12/h7-8,10-11H,4-6,9H2,1-3H3,(H2,22,23,24)(H,25,26,29). The summed E-state index contributed by atoms with van der Waals surface area (Å²) in [5, 5.41) is 2.85. The van der Waals surface area contributed by atoms with Gasteiger partial charge in [0.2, 0.25) is 11.9 Å². The second-order valence-corrected chi connectivity index (χ2v) is 6.83. The van der Waals surface area contributed by atoms with E-state index < -0.39 is 11.5 Å². The summed E-state index contributed by atoms with van der Waals surface area (Å²) in [7, 11) is 2.90. The first-order chi connectivity index (χ1) is 15.8. The smallest absolute Gasteiger partial charge is 0.305 e. The molecule has 2 heterocycles. The van der Waals surface area contributed by atoms with Gasteiger partial charge in [-0.05, 0) is 25.5 Å². The number of fused-ring (bicyclic) bond motifs is 1. The summed E-state index contributed by atoms with van der Waals surface area (Å²) >= 11 is 0. The van der Waals surface area contributed by atoms with Crippen molar-refractivity contribution in [2.75, 3.05) is 31.4 Å². The number of nitrogen functional groups attached to an aromatic ring is 1. The molecule has 3 rings (SSSR count). The summed E-state index contributed by atoms with van der Waals surface area (Å²) in [5.74, 6) is -0.272. The number of methoxy groups -OCH3 is 1. The monoisotopic (exact) mass is 456 g/mol. The molecule has 0 unspecified atom stereocenters. The Morgan fingerprint density at radius 1 is 1.21 bits per heavy atom. The molecule has 2 aromatic heterocycles. The Morgan fingerprint density at radius 3 is 2.61 bits per heavy atom. The van der Waals surface area contributed by atoms with Crippen molar-refractivity contribution in [2.24, 2.45) is 7.05 Å². The van der Waals surface area contributed by atoms with Crippen molar-refractivity contribution in [3.8, 4) is 11.5 Å². The lowest BCUT2D eigenvalue weighted by atomic mass is 10.2. The Kier molecular flexibility index (Phi) is 7.38. The molecule has 0 radical (unpaired) electrons. The van der Waals surface area contributed by atoms with Gasteiger partial charge in [0.25, 0.3) is 11.5 Å². The summed E-state index contributed by atoms with van der Waals surface area (Å²) in [6, 6.07) is 3.16. The fourth-order valence-electron chi connectivity index (χ4n) is 2.98. The van der Waals surface area contributed by atoms with Gasteiger partial charge in [-0.1, -0.05) is 0 Å². The largest absolute Gasteiger partial charge is 0.491 e. The lowest BCUT2D eigenvalue weighted by Gasteiger charge is -2.15. The topological polar surface area (TPSA) is 161 Å². The lowest BCUT2D eigenvalue weighted by molar-refractivity contribution is -0.143. The molecule has 1 aromatic carbocycles. The number of benzene rings is 1. The van der Waals surface area contributed by atoms with Crippen molar-refractivity contribution in [3.63, 3.8) is 0 Å². The zero-order valence-electron chi connectivity index (χ0n) is 18.5. The van der Waals surface area contributed by atoms with Crippen LogP contribution in [0.1, 0.15) is 30.1 Å². The molecule has 0 atom stereocenters. The molecule has 0 aliphatic carbocycles. The number of esters is 1. The third-order valence-corrected chi connectivity index (χ3v) is 4.62. The first-order valence-electron chi connectivity index (χ1n) is 10.1. The van der Waals surface area contributed by atoms with Gasteiger partial charge in [-0.3, -0.25) is 24.3 Å². The van der Waals surface area contributed by atoms with Crippen LogP contribution in [0.3, 0.4) is 0 Å². The highest BCUT2D eigenvalue weighted by atomic mass is 16.5. The second-order valence-electron chi connectivity index (χ2n) is 6.83. The van der Waals surface area contributed by atoms with E-state index in [1.165, 1.54) is 31.1 Å². The molecular weight excluding hydrogens is 432 g/mol. The summed E-state index contributed by atoms with van der Waals surface area (Å²) < 4.78 is 17.3. The number of rotatable bonds is 9. The van der Waals surface area contributed by atoms with Crippen LogP contribution in [0.5, 0.6) is 11.5 Å². The van der Waals surface area contributed by atoms with Crippen LogP contribution in [0.15, 0.2) is 29.3 Å². The summed E-state index contributed by atoms with van der Waals surface area (Å²) in [6.07, 6.45) is 3.18. The molecule has 0 aliphatic heterocycles. The van der Waals surface area contributed by atoms with Crippen LogP contribution in [0, 0.1) is 0 Å². The van der Waals surface area contributed by atoms with E-state index in [0.717, 1.165) is 0 Å². The second kappa shape index (κ2) is 10.4. The highest BCUT2D eigenvalue weighted by molar-refractivity contribution is 6.03. The normalized spacial score (nSPS) is 10.6. The van der Waals surface area contributed by atoms with Crippen molar-refractivity contribution < 1.29 is 23.8 Å². The maximum absolute atomic E-state index is 12.9. The highest BCUT2D eigenvalue weighted by Gasteiger charge is 2.18. The zero-order valence-corrected chi connectivity index (χ0v) is 18.5. The van der Waals surface area contributed by atoms with Gasteiger partial charge in [0, 0.05) is 25.9 Å². The fourth-order valence-corrected chi connectivity index (χ4v) is 2.98. The zero-order chi connectivity index (χ0) is 24.0. The van der Waals surface area contributed by atoms with E-state index in [2.05, 4.69) is 20.3 Å². The van der Waals surface area contributed by atoms with Gasteiger partial charge >= 0.3 is 5.97 Å². The third-order valence-electron chi connectivity index (χ3n) is 4.62. The van der Waals surface area contributed by atoms with Crippen LogP contribution in [0.4, 0.5) is 11.9 Å². The van der Waals surface area contributed by atoms with Gasteiger partial charge in [-0.25, -0.2) is 15.0 Å². The van der Waals surface area contributed by atoms with E-state index in [4.69, 9.17) is 19.9 Å². The minimum atomic E-state index is -0.567. The van der Waals surface area contributed by atoms with E-state index in [-0.39, 0.29) is 53.1 Å². The molecular formula is C21H24N6O6. The van der Waals surface area contributed by atoms with Crippen molar-refractivity contribution >= 4 is 34.7 Å². The van der Waals surface area contributed by atoms with Gasteiger partial charge in [0.15, 0.2) is 11.5 Å². The van der Waals surface area contributed by atoms with Crippen molar-refractivity contribution in [1.29, 1.82) is 0 Å². The predicted octanol–water partition coefficient (Wildman–Crippen LogP) is 1.29. The number of carbonyl (C=O) groups excluding carboxylic acids is 2. The number of hydrogen-bond acceptors (Lipinski definition) is 10. The molecule has 1 amide bonds. The van der Waals surface area contributed by atoms with E-state index in [9.17, 15) is 14.4 Å². The Labute approximate surface area is 188 Å². The molecule has 33 heavy (non-hydrogen) atoms. The molecule has 12 heteroatoms. The number of hydrogen-bond donors (Lipinski definition) is 2. The van der Waals surface area contributed by atoms with Crippen LogP contribution in [-0.2, 0) is 16.6 Å². The number of nitrogens with two attached hydrogens (primary N) is 1. The molecule has 0 fully saturated rings. The number of aromatic nitrogens is 4. The van der Waals surface area contributed by atoms with Crippen LogP contribution in [0.25, 0.3) is 10.9 Å². The van der Waals surface area contributed by atoms with Crippen molar-refractivity contribution in [2.45, 2.75) is 19.8 Å². The van der Waals surface area contributed by atoms with E-state index >= 15 is 0 Å². The number of anilines is 2. The molecule has 0 spiro atoms. The van der Waals surface area contributed by atoms with Crippen LogP contribution in [-0.4, -0.2) is 51.7 Å². The number of nitrogens with zero attached hydrogens (tertiary/aromatic N) is 4. The average Bonchev–Trinajstić information content (AvgIpc) is 2.80. The molecule has 3 N–H and O–H groups in total. The number of amides is 1. The Hall–Kier alpha value is -4.22.